The number of aryl methyl sites for hydroxylation is 1. The summed E-state index contributed by atoms with van der Waals surface area (Å²) in [6, 6.07) is 9.17. The molecule has 21 heavy (non-hydrogen) atoms. The van der Waals surface area contributed by atoms with Crippen molar-refractivity contribution in [1.29, 1.82) is 0 Å². The summed E-state index contributed by atoms with van der Waals surface area (Å²) in [6.45, 7) is 5.07. The molecule has 112 valence electrons. The van der Waals surface area contributed by atoms with Gasteiger partial charge in [-0.2, -0.15) is 0 Å². The van der Waals surface area contributed by atoms with E-state index in [1.165, 1.54) is 17.7 Å². The number of nitrogens with zero attached hydrogens (tertiary/aromatic N) is 3. The molecule has 1 aromatic carbocycles. The van der Waals surface area contributed by atoms with Crippen molar-refractivity contribution in [1.82, 2.24) is 10.2 Å². The molecule has 4 heteroatoms. The van der Waals surface area contributed by atoms with E-state index in [2.05, 4.69) is 58.6 Å². The Morgan fingerprint density at radius 1 is 1.33 bits per heavy atom. The van der Waals surface area contributed by atoms with E-state index in [1.54, 1.807) is 0 Å². The van der Waals surface area contributed by atoms with Gasteiger partial charge in [0.1, 0.15) is 12.5 Å². The lowest BCUT2D eigenvalue weighted by atomic mass is 10.1. The maximum Gasteiger partial charge on any atom is 0.127 e. The zero-order chi connectivity index (χ0) is 14.7. The van der Waals surface area contributed by atoms with Gasteiger partial charge in [0, 0.05) is 31.0 Å². The minimum Gasteiger partial charge on any atom is -0.355 e. The lowest BCUT2D eigenvalue weighted by Gasteiger charge is -2.27. The maximum atomic E-state index is 4.77. The molecule has 0 spiro atoms. The maximum absolute atomic E-state index is 4.77. The van der Waals surface area contributed by atoms with Gasteiger partial charge in [-0.3, -0.25) is 0 Å². The van der Waals surface area contributed by atoms with Crippen LogP contribution in [0.25, 0.3) is 0 Å². The normalized spacial score (nSPS) is 21.8. The predicted molar refractivity (Wildman–Crippen MR) is 88.8 cm³/mol. The van der Waals surface area contributed by atoms with Gasteiger partial charge in [0.25, 0.3) is 0 Å². The molecule has 1 aromatic rings. The number of amidine groups is 1. The Hall–Kier alpha value is -1.81. The quantitative estimate of drug-likeness (QED) is 0.923. The first-order valence-corrected chi connectivity index (χ1v) is 7.81. The Bertz CT molecular complexity index is 549. The van der Waals surface area contributed by atoms with Gasteiger partial charge in [-0.05, 0) is 37.6 Å². The Morgan fingerprint density at radius 3 is 2.86 bits per heavy atom. The number of benzene rings is 1. The van der Waals surface area contributed by atoms with Crippen LogP contribution in [0.2, 0.25) is 0 Å². The molecular weight excluding hydrogens is 260 g/mol. The topological polar surface area (TPSA) is 30.9 Å². The van der Waals surface area contributed by atoms with Gasteiger partial charge in [-0.15, -0.1) is 0 Å². The molecule has 1 N–H and O–H groups in total. The lowest BCUT2D eigenvalue weighted by Crippen LogP contribution is -2.35. The van der Waals surface area contributed by atoms with Crippen LogP contribution in [0.3, 0.4) is 0 Å². The van der Waals surface area contributed by atoms with Crippen molar-refractivity contribution in [2.24, 2.45) is 4.99 Å². The number of aliphatic imine (C=N–C) groups is 1. The molecule has 4 nitrogen and oxygen atoms in total. The van der Waals surface area contributed by atoms with E-state index in [-0.39, 0.29) is 0 Å². The number of likely N-dealkylation sites (N-methyl/N-ethyl adjacent to an activating group) is 1. The van der Waals surface area contributed by atoms with Gasteiger partial charge in [0.2, 0.25) is 0 Å². The highest BCUT2D eigenvalue weighted by molar-refractivity contribution is 5.94. The summed E-state index contributed by atoms with van der Waals surface area (Å²) in [4.78, 5) is 9.37. The van der Waals surface area contributed by atoms with Crippen molar-refractivity contribution in [3.05, 3.63) is 42.1 Å². The summed E-state index contributed by atoms with van der Waals surface area (Å²) in [7, 11) is 2.04. The Labute approximate surface area is 127 Å². The van der Waals surface area contributed by atoms with E-state index in [0.29, 0.717) is 12.7 Å². The van der Waals surface area contributed by atoms with Crippen LogP contribution in [0.15, 0.2) is 41.5 Å². The second-order valence-corrected chi connectivity index (χ2v) is 5.65. The van der Waals surface area contributed by atoms with E-state index in [0.717, 1.165) is 25.3 Å². The average Bonchev–Trinajstić information content (AvgIpc) is 3.04. The summed E-state index contributed by atoms with van der Waals surface area (Å²) < 4.78 is 0. The third-order valence-corrected chi connectivity index (χ3v) is 4.39. The van der Waals surface area contributed by atoms with Crippen molar-refractivity contribution < 1.29 is 0 Å². The summed E-state index contributed by atoms with van der Waals surface area (Å²) in [5.74, 6) is 1.12. The minimum absolute atomic E-state index is 0.597. The number of nitrogens with one attached hydrogen (secondary N) is 1. The van der Waals surface area contributed by atoms with Crippen LogP contribution in [-0.2, 0) is 6.42 Å². The fourth-order valence-electron chi connectivity index (χ4n) is 3.06. The highest BCUT2D eigenvalue weighted by Gasteiger charge is 2.23. The van der Waals surface area contributed by atoms with Crippen LogP contribution in [-0.4, -0.2) is 43.6 Å². The Kier molecular flexibility index (Phi) is 4.25. The molecule has 0 saturated carbocycles. The molecule has 1 fully saturated rings. The van der Waals surface area contributed by atoms with Crippen molar-refractivity contribution in [2.75, 3.05) is 31.7 Å². The second kappa shape index (κ2) is 6.31. The van der Waals surface area contributed by atoms with Gasteiger partial charge in [0.15, 0.2) is 0 Å². The van der Waals surface area contributed by atoms with Crippen LogP contribution < -0.4 is 10.2 Å². The molecule has 3 rings (SSSR count). The van der Waals surface area contributed by atoms with Crippen molar-refractivity contribution >= 4 is 11.5 Å². The van der Waals surface area contributed by atoms with Crippen LogP contribution >= 0.6 is 0 Å². The van der Waals surface area contributed by atoms with Gasteiger partial charge >= 0.3 is 0 Å². The molecule has 1 saturated heterocycles. The van der Waals surface area contributed by atoms with E-state index in [4.69, 9.17) is 4.99 Å². The molecular formula is C17H24N4. The number of rotatable bonds is 3. The van der Waals surface area contributed by atoms with E-state index in [9.17, 15) is 0 Å². The fourth-order valence-corrected chi connectivity index (χ4v) is 3.06. The first kappa shape index (κ1) is 14.1. The van der Waals surface area contributed by atoms with Crippen LogP contribution in [0.5, 0.6) is 0 Å². The molecule has 0 unspecified atom stereocenters. The molecule has 0 amide bonds. The molecule has 2 aliphatic heterocycles. The van der Waals surface area contributed by atoms with E-state index < -0.39 is 0 Å². The van der Waals surface area contributed by atoms with Gasteiger partial charge in [-0.1, -0.05) is 25.1 Å². The zero-order valence-corrected chi connectivity index (χ0v) is 12.9. The summed E-state index contributed by atoms with van der Waals surface area (Å²) in [6.07, 6.45) is 6.57. The number of hydrogen-bond donors (Lipinski definition) is 1. The molecule has 0 bridgehead atoms. The Morgan fingerprint density at radius 2 is 2.19 bits per heavy atom. The van der Waals surface area contributed by atoms with Gasteiger partial charge in [0.05, 0.1) is 0 Å². The number of para-hydroxylation sites is 1. The second-order valence-electron chi connectivity index (χ2n) is 5.65. The highest BCUT2D eigenvalue weighted by Crippen LogP contribution is 2.23. The molecule has 1 atom stereocenters. The summed E-state index contributed by atoms with van der Waals surface area (Å²) in [5, 5.41) is 3.35. The van der Waals surface area contributed by atoms with Gasteiger partial charge in [-0.25, -0.2) is 4.99 Å². The summed E-state index contributed by atoms with van der Waals surface area (Å²) in [5.41, 5.74) is 2.64. The first-order chi connectivity index (χ1) is 10.3. The average molecular weight is 284 g/mol. The highest BCUT2D eigenvalue weighted by atomic mass is 15.3. The number of anilines is 1. The summed E-state index contributed by atoms with van der Waals surface area (Å²) >= 11 is 0. The standard InChI is InChI=1S/C17H24N4/c1-3-14-6-4-5-7-16(14)21-11-9-17(19-13-21)20-10-8-15(12-20)18-2/h4-7,9,11,15,18H,3,8,10,12-13H2,1-2H3/t15-/m1/s1. The lowest BCUT2D eigenvalue weighted by molar-refractivity contribution is 0.492. The van der Waals surface area contributed by atoms with Crippen LogP contribution in [0.1, 0.15) is 18.9 Å². The van der Waals surface area contributed by atoms with Crippen molar-refractivity contribution in [2.45, 2.75) is 25.8 Å². The zero-order valence-electron chi connectivity index (χ0n) is 12.9. The van der Waals surface area contributed by atoms with E-state index in [1.807, 2.05) is 7.05 Å². The number of likely N-dealkylation sites (tertiary alicyclic amines) is 1. The predicted octanol–water partition coefficient (Wildman–Crippen LogP) is 2.23. The molecule has 0 aromatic heterocycles. The van der Waals surface area contributed by atoms with Crippen molar-refractivity contribution in [3.8, 4) is 0 Å². The molecule has 0 radical (unpaired) electrons. The van der Waals surface area contributed by atoms with Crippen LogP contribution in [0, 0.1) is 0 Å². The molecule has 2 aliphatic rings. The van der Waals surface area contributed by atoms with Crippen molar-refractivity contribution in [3.63, 3.8) is 0 Å². The third kappa shape index (κ3) is 2.95. The Balaban J connectivity index is 1.69. The fraction of sp³-hybridized carbons (Fsp3) is 0.471. The number of hydrogen-bond acceptors (Lipinski definition) is 4. The molecule has 2 heterocycles. The largest absolute Gasteiger partial charge is 0.355 e. The SMILES string of the molecule is CCc1ccccc1N1C=CC(N2CC[C@@H](NC)C2)=NC1. The minimum atomic E-state index is 0.597. The first-order valence-electron chi connectivity index (χ1n) is 7.81. The third-order valence-electron chi connectivity index (χ3n) is 4.39. The van der Waals surface area contributed by atoms with Gasteiger partial charge < -0.3 is 15.1 Å². The van der Waals surface area contributed by atoms with Crippen LogP contribution in [0.4, 0.5) is 5.69 Å². The monoisotopic (exact) mass is 284 g/mol. The van der Waals surface area contributed by atoms with E-state index >= 15 is 0 Å². The smallest absolute Gasteiger partial charge is 0.127 e. The molecule has 0 aliphatic carbocycles.